The van der Waals surface area contributed by atoms with Crippen LogP contribution in [0.25, 0.3) is 0 Å². The molecule has 0 saturated heterocycles. The van der Waals surface area contributed by atoms with E-state index in [2.05, 4.69) is 25.5 Å². The molecule has 0 bridgehead atoms. The fourth-order valence-electron chi connectivity index (χ4n) is 1.99. The quantitative estimate of drug-likeness (QED) is 0.713. The van der Waals surface area contributed by atoms with Crippen LogP contribution >= 0.6 is 11.6 Å². The van der Waals surface area contributed by atoms with Crippen molar-refractivity contribution in [3.63, 3.8) is 0 Å². The zero-order chi connectivity index (χ0) is 16.7. The average molecular weight is 338 g/mol. The first kappa shape index (κ1) is 17.2. The van der Waals surface area contributed by atoms with Crippen molar-refractivity contribution in [1.82, 2.24) is 20.2 Å². The molecule has 0 spiro atoms. The number of nitrogens with one attached hydrogen (secondary N) is 2. The van der Waals surface area contributed by atoms with Crippen molar-refractivity contribution in [3.8, 4) is 0 Å². The van der Waals surface area contributed by atoms with Gasteiger partial charge in [0.25, 0.3) is 0 Å². The molecular weight excluding hydrogens is 318 g/mol. The molecular formula is C15H20ClN5O2. The topological polar surface area (TPSA) is 83.3 Å². The number of halogens is 1. The zero-order valence-corrected chi connectivity index (χ0v) is 13.9. The highest BCUT2D eigenvalue weighted by molar-refractivity contribution is 6.28. The van der Waals surface area contributed by atoms with Crippen LogP contribution in [-0.2, 0) is 11.3 Å². The number of rotatable bonds is 8. The first-order chi connectivity index (χ1) is 11.0. The molecule has 2 N–H and O–H groups in total. The smallest absolute Gasteiger partial charge is 0.239 e. The number of likely N-dealkylation sites (N-methyl/N-ethyl adjacent to an activating group) is 1. The summed E-state index contributed by atoms with van der Waals surface area (Å²) < 4.78 is 5.28. The van der Waals surface area contributed by atoms with E-state index in [1.165, 1.54) is 0 Å². The lowest BCUT2D eigenvalue weighted by Crippen LogP contribution is -2.36. The molecule has 2 aromatic rings. The van der Waals surface area contributed by atoms with Crippen LogP contribution in [0.1, 0.15) is 11.5 Å². The second kappa shape index (κ2) is 8.50. The minimum Gasteiger partial charge on any atom is -0.468 e. The van der Waals surface area contributed by atoms with Crippen molar-refractivity contribution in [2.24, 2.45) is 0 Å². The van der Waals surface area contributed by atoms with Crippen LogP contribution in [0.15, 0.2) is 28.9 Å². The van der Waals surface area contributed by atoms with Crippen LogP contribution in [0.4, 0.5) is 5.82 Å². The third kappa shape index (κ3) is 6.25. The maximum absolute atomic E-state index is 11.8. The van der Waals surface area contributed by atoms with Crippen molar-refractivity contribution < 1.29 is 9.21 Å². The van der Waals surface area contributed by atoms with Crippen molar-refractivity contribution in [1.29, 1.82) is 0 Å². The first-order valence-corrected chi connectivity index (χ1v) is 7.63. The van der Waals surface area contributed by atoms with E-state index in [-0.39, 0.29) is 17.7 Å². The molecule has 2 rings (SSSR count). The standard InChI is InChI=1S/C15H20ClN5O2/c1-11-8-13(20-15(16)19-11)18-9-14(22)17-5-6-21(2)10-12-4-3-7-23-12/h3-4,7-8H,5-6,9-10H2,1-2H3,(H,17,22)(H,18,19,20). The summed E-state index contributed by atoms with van der Waals surface area (Å²) in [5.74, 6) is 1.33. The van der Waals surface area contributed by atoms with Gasteiger partial charge in [0.2, 0.25) is 11.2 Å². The number of aromatic nitrogens is 2. The van der Waals surface area contributed by atoms with Gasteiger partial charge in [-0.3, -0.25) is 9.69 Å². The molecule has 0 radical (unpaired) electrons. The summed E-state index contributed by atoms with van der Waals surface area (Å²) in [5, 5.41) is 5.93. The molecule has 1 amide bonds. The molecule has 0 aliphatic rings. The Hall–Kier alpha value is -2.12. The van der Waals surface area contributed by atoms with Gasteiger partial charge in [0.1, 0.15) is 11.6 Å². The number of hydrogen-bond donors (Lipinski definition) is 2. The van der Waals surface area contributed by atoms with Crippen molar-refractivity contribution >= 4 is 23.3 Å². The van der Waals surface area contributed by atoms with E-state index in [1.807, 2.05) is 26.1 Å². The molecule has 0 aromatic carbocycles. The number of anilines is 1. The summed E-state index contributed by atoms with van der Waals surface area (Å²) >= 11 is 5.77. The highest BCUT2D eigenvalue weighted by atomic mass is 35.5. The lowest BCUT2D eigenvalue weighted by molar-refractivity contribution is -0.119. The molecule has 0 aliphatic heterocycles. The van der Waals surface area contributed by atoms with E-state index in [0.717, 1.165) is 18.0 Å². The Morgan fingerprint density at radius 3 is 2.96 bits per heavy atom. The van der Waals surface area contributed by atoms with E-state index in [1.54, 1.807) is 12.3 Å². The number of nitrogens with zero attached hydrogens (tertiary/aromatic N) is 3. The Bertz CT molecular complexity index is 613. The Morgan fingerprint density at radius 2 is 2.26 bits per heavy atom. The first-order valence-electron chi connectivity index (χ1n) is 7.25. The fourth-order valence-corrected chi connectivity index (χ4v) is 2.21. The van der Waals surface area contributed by atoms with Crippen LogP contribution < -0.4 is 10.6 Å². The van der Waals surface area contributed by atoms with Crippen LogP contribution in [-0.4, -0.2) is 47.5 Å². The SMILES string of the molecule is Cc1cc(NCC(=O)NCCN(C)Cc2ccco2)nc(Cl)n1. The predicted molar refractivity (Wildman–Crippen MR) is 88.3 cm³/mol. The lowest BCUT2D eigenvalue weighted by Gasteiger charge is -2.15. The molecule has 0 unspecified atom stereocenters. The number of hydrogen-bond acceptors (Lipinski definition) is 6. The van der Waals surface area contributed by atoms with Gasteiger partial charge in [-0.15, -0.1) is 0 Å². The Kier molecular flexibility index (Phi) is 6.37. The highest BCUT2D eigenvalue weighted by Crippen LogP contribution is 2.09. The van der Waals surface area contributed by atoms with Gasteiger partial charge in [0, 0.05) is 24.8 Å². The maximum atomic E-state index is 11.8. The van der Waals surface area contributed by atoms with Crippen LogP contribution in [0.3, 0.4) is 0 Å². The third-order valence-electron chi connectivity index (χ3n) is 3.08. The molecule has 2 heterocycles. The number of amides is 1. The van der Waals surface area contributed by atoms with E-state index in [9.17, 15) is 4.79 Å². The molecule has 7 nitrogen and oxygen atoms in total. The Labute approximate surface area is 140 Å². The predicted octanol–water partition coefficient (Wildman–Crippen LogP) is 1.69. The zero-order valence-electron chi connectivity index (χ0n) is 13.2. The van der Waals surface area contributed by atoms with E-state index in [0.29, 0.717) is 18.9 Å². The molecule has 0 fully saturated rings. The van der Waals surface area contributed by atoms with Gasteiger partial charge in [-0.2, -0.15) is 0 Å². The minimum absolute atomic E-state index is 0.108. The van der Waals surface area contributed by atoms with Gasteiger partial charge in [-0.25, -0.2) is 9.97 Å². The minimum atomic E-state index is -0.108. The number of aryl methyl sites for hydroxylation is 1. The van der Waals surface area contributed by atoms with E-state index >= 15 is 0 Å². The average Bonchev–Trinajstić information content (AvgIpc) is 2.97. The largest absolute Gasteiger partial charge is 0.468 e. The van der Waals surface area contributed by atoms with Gasteiger partial charge >= 0.3 is 0 Å². The van der Waals surface area contributed by atoms with Gasteiger partial charge in [0.15, 0.2) is 0 Å². The van der Waals surface area contributed by atoms with Gasteiger partial charge < -0.3 is 15.1 Å². The van der Waals surface area contributed by atoms with Crippen molar-refractivity contribution in [2.45, 2.75) is 13.5 Å². The molecule has 2 aromatic heterocycles. The summed E-state index contributed by atoms with van der Waals surface area (Å²) in [5.41, 5.74) is 0.743. The van der Waals surface area contributed by atoms with Crippen LogP contribution in [0.5, 0.6) is 0 Å². The summed E-state index contributed by atoms with van der Waals surface area (Å²) in [6.07, 6.45) is 1.65. The van der Waals surface area contributed by atoms with Crippen LogP contribution in [0.2, 0.25) is 5.28 Å². The monoisotopic (exact) mass is 337 g/mol. The highest BCUT2D eigenvalue weighted by Gasteiger charge is 2.06. The lowest BCUT2D eigenvalue weighted by atomic mass is 10.4. The van der Waals surface area contributed by atoms with Crippen molar-refractivity contribution in [2.75, 3.05) is 32.0 Å². The van der Waals surface area contributed by atoms with E-state index < -0.39 is 0 Å². The second-order valence-electron chi connectivity index (χ2n) is 5.18. The summed E-state index contributed by atoms with van der Waals surface area (Å²) in [6, 6.07) is 5.52. The second-order valence-corrected chi connectivity index (χ2v) is 5.52. The molecule has 0 saturated carbocycles. The molecule has 0 atom stereocenters. The van der Waals surface area contributed by atoms with E-state index in [4.69, 9.17) is 16.0 Å². The Balaban J connectivity index is 1.65. The van der Waals surface area contributed by atoms with Crippen LogP contribution in [0, 0.1) is 6.92 Å². The number of carbonyl (C=O) groups is 1. The summed E-state index contributed by atoms with van der Waals surface area (Å²) in [7, 11) is 1.97. The third-order valence-corrected chi connectivity index (χ3v) is 3.25. The van der Waals surface area contributed by atoms with Gasteiger partial charge in [-0.1, -0.05) is 0 Å². The van der Waals surface area contributed by atoms with Gasteiger partial charge in [-0.05, 0) is 37.7 Å². The molecule has 124 valence electrons. The van der Waals surface area contributed by atoms with Crippen molar-refractivity contribution in [3.05, 3.63) is 41.2 Å². The Morgan fingerprint density at radius 1 is 1.43 bits per heavy atom. The normalized spacial score (nSPS) is 10.8. The molecule has 23 heavy (non-hydrogen) atoms. The summed E-state index contributed by atoms with van der Waals surface area (Å²) in [4.78, 5) is 21.8. The van der Waals surface area contributed by atoms with Gasteiger partial charge in [0.05, 0.1) is 19.4 Å². The number of carbonyl (C=O) groups excluding carboxylic acids is 1. The molecule has 8 heteroatoms. The summed E-state index contributed by atoms with van der Waals surface area (Å²) in [6.45, 7) is 3.94. The maximum Gasteiger partial charge on any atom is 0.239 e. The fraction of sp³-hybridized carbons (Fsp3) is 0.400. The number of furan rings is 1. The molecule has 0 aliphatic carbocycles.